The number of ether oxygens (including phenoxy) is 1. The lowest BCUT2D eigenvalue weighted by molar-refractivity contribution is 0.268. The molecule has 3 heteroatoms. The SMILES string of the molecule is COc1ccc2c(c1)[C@]1(C)CCN(C)[C@@H]1N2C. The van der Waals surface area contributed by atoms with E-state index < -0.39 is 0 Å². The summed E-state index contributed by atoms with van der Waals surface area (Å²) in [5.41, 5.74) is 3.03. The van der Waals surface area contributed by atoms with Crippen LogP contribution in [0.3, 0.4) is 0 Å². The Labute approximate surface area is 103 Å². The van der Waals surface area contributed by atoms with Gasteiger partial charge in [0, 0.05) is 24.7 Å². The predicted molar refractivity (Wildman–Crippen MR) is 69.8 cm³/mol. The van der Waals surface area contributed by atoms with E-state index in [4.69, 9.17) is 4.74 Å². The van der Waals surface area contributed by atoms with Gasteiger partial charge in [0.2, 0.25) is 0 Å². The van der Waals surface area contributed by atoms with Crippen molar-refractivity contribution in [1.29, 1.82) is 0 Å². The van der Waals surface area contributed by atoms with Crippen LogP contribution in [-0.4, -0.2) is 38.8 Å². The van der Waals surface area contributed by atoms with Crippen LogP contribution in [0.15, 0.2) is 18.2 Å². The summed E-state index contributed by atoms with van der Waals surface area (Å²) in [5.74, 6) is 0.966. The van der Waals surface area contributed by atoms with E-state index in [0.29, 0.717) is 6.17 Å². The van der Waals surface area contributed by atoms with Gasteiger partial charge in [0.1, 0.15) is 5.75 Å². The van der Waals surface area contributed by atoms with Gasteiger partial charge < -0.3 is 9.64 Å². The minimum absolute atomic E-state index is 0.243. The van der Waals surface area contributed by atoms with Crippen molar-refractivity contribution in [3.8, 4) is 5.75 Å². The highest BCUT2D eigenvalue weighted by Crippen LogP contribution is 2.51. The number of likely N-dealkylation sites (tertiary alicyclic amines) is 1. The van der Waals surface area contributed by atoms with E-state index in [1.807, 2.05) is 0 Å². The molecular weight excluding hydrogens is 212 g/mol. The summed E-state index contributed by atoms with van der Waals surface area (Å²) in [6.07, 6.45) is 1.71. The summed E-state index contributed by atoms with van der Waals surface area (Å²) in [5, 5.41) is 0. The van der Waals surface area contributed by atoms with Crippen LogP contribution in [0.25, 0.3) is 0 Å². The lowest BCUT2D eigenvalue weighted by atomic mass is 9.81. The second-order valence-electron chi connectivity index (χ2n) is 5.52. The molecule has 0 bridgehead atoms. The fourth-order valence-electron chi connectivity index (χ4n) is 3.68. The van der Waals surface area contributed by atoms with Gasteiger partial charge in [0.05, 0.1) is 13.3 Å². The molecule has 2 aliphatic heterocycles. The maximum Gasteiger partial charge on any atom is 0.119 e. The zero-order valence-electron chi connectivity index (χ0n) is 11.0. The van der Waals surface area contributed by atoms with Crippen molar-refractivity contribution in [2.45, 2.75) is 24.9 Å². The average molecular weight is 232 g/mol. The molecule has 1 fully saturated rings. The van der Waals surface area contributed by atoms with Gasteiger partial charge in [-0.15, -0.1) is 0 Å². The van der Waals surface area contributed by atoms with Crippen LogP contribution in [0.4, 0.5) is 5.69 Å². The summed E-state index contributed by atoms with van der Waals surface area (Å²) in [6, 6.07) is 6.45. The van der Waals surface area contributed by atoms with Crippen molar-refractivity contribution in [1.82, 2.24) is 4.90 Å². The van der Waals surface area contributed by atoms with Gasteiger partial charge in [-0.1, -0.05) is 6.92 Å². The maximum atomic E-state index is 5.36. The number of anilines is 1. The largest absolute Gasteiger partial charge is 0.497 e. The Morgan fingerprint density at radius 3 is 2.82 bits per heavy atom. The zero-order valence-corrected chi connectivity index (χ0v) is 11.0. The second kappa shape index (κ2) is 3.39. The monoisotopic (exact) mass is 232 g/mol. The first-order valence-corrected chi connectivity index (χ1v) is 6.19. The van der Waals surface area contributed by atoms with Crippen molar-refractivity contribution < 1.29 is 4.74 Å². The molecule has 3 rings (SSSR count). The number of hydrogen-bond acceptors (Lipinski definition) is 3. The van der Waals surface area contributed by atoms with Crippen LogP contribution in [0.2, 0.25) is 0 Å². The summed E-state index contributed by atoms with van der Waals surface area (Å²) in [6.45, 7) is 3.55. The first kappa shape index (κ1) is 10.9. The lowest BCUT2D eigenvalue weighted by Crippen LogP contribution is -2.45. The average Bonchev–Trinajstić information content (AvgIpc) is 2.75. The topological polar surface area (TPSA) is 15.7 Å². The Kier molecular flexibility index (Phi) is 2.17. The van der Waals surface area contributed by atoms with E-state index in [1.54, 1.807) is 7.11 Å². The molecule has 0 unspecified atom stereocenters. The molecule has 0 radical (unpaired) electrons. The van der Waals surface area contributed by atoms with Crippen LogP contribution >= 0.6 is 0 Å². The normalized spacial score (nSPS) is 31.5. The summed E-state index contributed by atoms with van der Waals surface area (Å²) in [7, 11) is 6.15. The minimum atomic E-state index is 0.243. The smallest absolute Gasteiger partial charge is 0.119 e. The van der Waals surface area contributed by atoms with Gasteiger partial charge in [-0.3, -0.25) is 4.90 Å². The third kappa shape index (κ3) is 1.26. The molecule has 2 aliphatic rings. The van der Waals surface area contributed by atoms with Crippen molar-refractivity contribution in [3.63, 3.8) is 0 Å². The number of methoxy groups -OCH3 is 1. The van der Waals surface area contributed by atoms with Gasteiger partial charge in [-0.05, 0) is 37.2 Å². The van der Waals surface area contributed by atoms with Crippen LogP contribution in [-0.2, 0) is 5.41 Å². The first-order valence-electron chi connectivity index (χ1n) is 6.19. The molecule has 0 amide bonds. The summed E-state index contributed by atoms with van der Waals surface area (Å²) < 4.78 is 5.36. The molecule has 1 saturated heterocycles. The quantitative estimate of drug-likeness (QED) is 0.737. The third-order valence-electron chi connectivity index (χ3n) is 4.54. The van der Waals surface area contributed by atoms with Gasteiger partial charge in [0.15, 0.2) is 0 Å². The number of rotatable bonds is 1. The molecule has 2 heterocycles. The number of benzene rings is 1. The molecule has 0 spiro atoms. The van der Waals surface area contributed by atoms with Crippen LogP contribution < -0.4 is 9.64 Å². The Bertz CT molecular complexity index is 460. The molecule has 2 atom stereocenters. The molecule has 1 aromatic carbocycles. The Balaban J connectivity index is 2.15. The van der Waals surface area contributed by atoms with Gasteiger partial charge >= 0.3 is 0 Å². The molecule has 0 aliphatic carbocycles. The molecule has 17 heavy (non-hydrogen) atoms. The Morgan fingerprint density at radius 1 is 1.35 bits per heavy atom. The molecule has 92 valence electrons. The van der Waals surface area contributed by atoms with Crippen LogP contribution in [0.5, 0.6) is 5.75 Å². The molecule has 0 aromatic heterocycles. The highest BCUT2D eigenvalue weighted by Gasteiger charge is 2.52. The summed E-state index contributed by atoms with van der Waals surface area (Å²) in [4.78, 5) is 4.86. The molecule has 0 N–H and O–H groups in total. The van der Waals surface area contributed by atoms with Gasteiger partial charge in [-0.2, -0.15) is 0 Å². The van der Waals surface area contributed by atoms with Crippen LogP contribution in [0, 0.1) is 0 Å². The van der Waals surface area contributed by atoms with Gasteiger partial charge in [-0.25, -0.2) is 0 Å². The Hall–Kier alpha value is -1.22. The zero-order chi connectivity index (χ0) is 12.2. The minimum Gasteiger partial charge on any atom is -0.497 e. The van der Waals surface area contributed by atoms with E-state index in [-0.39, 0.29) is 5.41 Å². The second-order valence-corrected chi connectivity index (χ2v) is 5.52. The summed E-state index contributed by atoms with van der Waals surface area (Å²) >= 11 is 0. The molecular formula is C14H20N2O. The standard InChI is InChI=1S/C14H20N2O/c1-14-7-8-15(2)13(14)16(3)12-6-5-10(17-4)9-11(12)14/h5-6,9,13H,7-8H2,1-4H3/t13-,14+/m1/s1. The number of nitrogens with zero attached hydrogens (tertiary/aromatic N) is 2. The van der Waals surface area contributed by atoms with Crippen molar-refractivity contribution in [2.75, 3.05) is 32.6 Å². The van der Waals surface area contributed by atoms with E-state index >= 15 is 0 Å². The molecule has 0 saturated carbocycles. The number of likely N-dealkylation sites (N-methyl/N-ethyl adjacent to an activating group) is 2. The predicted octanol–water partition coefficient (Wildman–Crippen LogP) is 2.06. The highest BCUT2D eigenvalue weighted by atomic mass is 16.5. The highest BCUT2D eigenvalue weighted by molar-refractivity contribution is 5.66. The lowest BCUT2D eigenvalue weighted by Gasteiger charge is -2.32. The van der Waals surface area contributed by atoms with E-state index in [9.17, 15) is 0 Å². The van der Waals surface area contributed by atoms with Crippen molar-refractivity contribution in [3.05, 3.63) is 23.8 Å². The number of hydrogen-bond donors (Lipinski definition) is 0. The third-order valence-corrected chi connectivity index (χ3v) is 4.54. The molecule has 1 aromatic rings. The fraction of sp³-hybridized carbons (Fsp3) is 0.571. The van der Waals surface area contributed by atoms with Crippen molar-refractivity contribution >= 4 is 5.69 Å². The van der Waals surface area contributed by atoms with E-state index in [1.165, 1.54) is 24.2 Å². The van der Waals surface area contributed by atoms with E-state index in [2.05, 4.69) is 49.0 Å². The van der Waals surface area contributed by atoms with Crippen molar-refractivity contribution in [2.24, 2.45) is 0 Å². The Morgan fingerprint density at radius 2 is 2.12 bits per heavy atom. The first-order chi connectivity index (χ1) is 8.08. The number of fused-ring (bicyclic) bond motifs is 3. The van der Waals surface area contributed by atoms with Crippen LogP contribution in [0.1, 0.15) is 18.9 Å². The molecule has 3 nitrogen and oxygen atoms in total. The maximum absolute atomic E-state index is 5.36. The van der Waals surface area contributed by atoms with E-state index in [0.717, 1.165) is 5.75 Å². The van der Waals surface area contributed by atoms with Gasteiger partial charge in [0.25, 0.3) is 0 Å². The fourth-order valence-corrected chi connectivity index (χ4v) is 3.68.